The molecule has 2 atom stereocenters. The summed E-state index contributed by atoms with van der Waals surface area (Å²) in [4.78, 5) is 22.5. The van der Waals surface area contributed by atoms with Gasteiger partial charge in [-0.1, -0.05) is 0 Å². The quantitative estimate of drug-likeness (QED) is 0.415. The molecule has 0 bridgehead atoms. The molecule has 0 aliphatic carbocycles. The molecule has 0 saturated heterocycles. The van der Waals surface area contributed by atoms with E-state index in [0.717, 1.165) is 4.46 Å². The van der Waals surface area contributed by atoms with Gasteiger partial charge in [-0.25, -0.2) is 0 Å². The van der Waals surface area contributed by atoms with Crippen LogP contribution in [0.1, 0.15) is 0 Å². The Morgan fingerprint density at radius 3 is 2.21 bits per heavy atom. The van der Waals surface area contributed by atoms with Crippen LogP contribution in [-0.2, 0) is 19.1 Å². The summed E-state index contributed by atoms with van der Waals surface area (Å²) in [7, 11) is 2.43. The summed E-state index contributed by atoms with van der Waals surface area (Å²) < 4.78 is 10.1. The molecule has 1 aromatic carbocycles. The van der Waals surface area contributed by atoms with Crippen molar-refractivity contribution in [3.8, 4) is 0 Å². The van der Waals surface area contributed by atoms with Gasteiger partial charge >= 0.3 is 117 Å². The molecule has 0 fully saturated rings. The number of benzene rings is 1. The first kappa shape index (κ1) is 15.7. The molecular weight excluding hydrogens is 317 g/mol. The number of methoxy groups -OCH3 is 2. The van der Waals surface area contributed by atoms with Gasteiger partial charge < -0.3 is 0 Å². The zero-order chi connectivity index (χ0) is 14.3. The standard InChI is InChI=1S/C12H15NO5Se/c1-17-11(14)9(13-16)10(12(15)18-2)19-8-6-4-3-5-7-8/h3-7,9-10,13,16H,1-2H3. The molecule has 19 heavy (non-hydrogen) atoms. The molecule has 0 aliphatic rings. The number of carbonyl (C=O) groups is 2. The number of hydroxylamine groups is 1. The van der Waals surface area contributed by atoms with E-state index in [1.54, 1.807) is 0 Å². The van der Waals surface area contributed by atoms with E-state index >= 15 is 0 Å². The van der Waals surface area contributed by atoms with E-state index in [9.17, 15) is 9.59 Å². The van der Waals surface area contributed by atoms with Gasteiger partial charge in [0, 0.05) is 0 Å². The van der Waals surface area contributed by atoms with Crippen LogP contribution in [0.25, 0.3) is 0 Å². The second-order valence-electron chi connectivity index (χ2n) is 3.50. The van der Waals surface area contributed by atoms with Gasteiger partial charge in [0.1, 0.15) is 0 Å². The summed E-state index contributed by atoms with van der Waals surface area (Å²) in [6.07, 6.45) is 0. The van der Waals surface area contributed by atoms with Crippen LogP contribution < -0.4 is 9.94 Å². The van der Waals surface area contributed by atoms with Gasteiger partial charge in [0.25, 0.3) is 0 Å². The van der Waals surface area contributed by atoms with Crippen molar-refractivity contribution in [1.82, 2.24) is 5.48 Å². The van der Waals surface area contributed by atoms with E-state index in [1.165, 1.54) is 14.2 Å². The molecule has 1 rings (SSSR count). The van der Waals surface area contributed by atoms with Crippen molar-refractivity contribution in [2.24, 2.45) is 0 Å². The zero-order valence-corrected chi connectivity index (χ0v) is 12.2. The third kappa shape index (κ3) is 4.33. The van der Waals surface area contributed by atoms with E-state index in [4.69, 9.17) is 5.21 Å². The van der Waals surface area contributed by atoms with E-state index in [1.807, 2.05) is 35.8 Å². The van der Waals surface area contributed by atoms with Crippen LogP contribution in [0.3, 0.4) is 0 Å². The molecule has 2 N–H and O–H groups in total. The fraction of sp³-hybridized carbons (Fsp3) is 0.333. The van der Waals surface area contributed by atoms with Crippen molar-refractivity contribution in [3.05, 3.63) is 30.3 Å². The Bertz CT molecular complexity index is 425. The molecule has 0 heterocycles. The van der Waals surface area contributed by atoms with Crippen molar-refractivity contribution < 1.29 is 24.3 Å². The minimum absolute atomic E-state index is 0.386. The Hall–Kier alpha value is -1.40. The first-order valence-corrected chi connectivity index (χ1v) is 7.25. The zero-order valence-electron chi connectivity index (χ0n) is 10.5. The third-order valence-corrected chi connectivity index (χ3v) is 4.99. The summed E-state index contributed by atoms with van der Waals surface area (Å²) in [5.41, 5.74) is 1.83. The molecule has 0 saturated carbocycles. The molecule has 0 aromatic heterocycles. The van der Waals surface area contributed by atoms with Gasteiger partial charge in [0.05, 0.1) is 0 Å². The summed E-state index contributed by atoms with van der Waals surface area (Å²) in [6.45, 7) is 0. The average Bonchev–Trinajstić information content (AvgIpc) is 2.46. The van der Waals surface area contributed by atoms with E-state index in [-0.39, 0.29) is 15.0 Å². The summed E-state index contributed by atoms with van der Waals surface area (Å²) >= 11 is -0.386. The van der Waals surface area contributed by atoms with Crippen LogP contribution in [0.5, 0.6) is 0 Å². The number of rotatable bonds is 6. The fourth-order valence-corrected chi connectivity index (χ4v) is 3.71. The van der Waals surface area contributed by atoms with Crippen molar-refractivity contribution in [3.63, 3.8) is 0 Å². The molecule has 2 unspecified atom stereocenters. The van der Waals surface area contributed by atoms with E-state index < -0.39 is 22.8 Å². The van der Waals surface area contributed by atoms with Gasteiger partial charge in [-0.2, -0.15) is 0 Å². The molecular formula is C12H15NO5Se. The van der Waals surface area contributed by atoms with Gasteiger partial charge in [-0.05, 0) is 0 Å². The monoisotopic (exact) mass is 333 g/mol. The summed E-state index contributed by atoms with van der Waals surface area (Å²) in [5.74, 6) is -1.28. The van der Waals surface area contributed by atoms with Crippen molar-refractivity contribution in [1.29, 1.82) is 0 Å². The molecule has 0 aliphatic heterocycles. The minimum atomic E-state index is -1.14. The van der Waals surface area contributed by atoms with Crippen LogP contribution in [0.2, 0.25) is 4.82 Å². The Morgan fingerprint density at radius 1 is 1.16 bits per heavy atom. The summed E-state index contributed by atoms with van der Waals surface area (Å²) in [6, 6.07) is 8.09. The summed E-state index contributed by atoms with van der Waals surface area (Å²) in [5, 5.41) is 9.07. The second kappa shape index (κ2) is 7.91. The molecule has 1 aromatic rings. The topological polar surface area (TPSA) is 84.9 Å². The molecule has 0 spiro atoms. The SMILES string of the molecule is COC(=O)C(NO)C([Se]c1ccccc1)C(=O)OC. The number of ether oxygens (including phenoxy) is 2. The van der Waals surface area contributed by atoms with Crippen molar-refractivity contribution in [2.75, 3.05) is 14.2 Å². The number of esters is 2. The Morgan fingerprint density at radius 2 is 1.74 bits per heavy atom. The maximum absolute atomic E-state index is 11.8. The predicted molar refractivity (Wildman–Crippen MR) is 68.3 cm³/mol. The van der Waals surface area contributed by atoms with Crippen LogP contribution in [-0.4, -0.2) is 52.4 Å². The maximum atomic E-state index is 11.8. The number of hydrogen-bond acceptors (Lipinski definition) is 6. The van der Waals surface area contributed by atoms with Crippen LogP contribution in [0.15, 0.2) is 30.3 Å². The van der Waals surface area contributed by atoms with Crippen molar-refractivity contribution in [2.45, 2.75) is 10.9 Å². The van der Waals surface area contributed by atoms with Crippen LogP contribution in [0, 0.1) is 0 Å². The van der Waals surface area contributed by atoms with E-state index in [0.29, 0.717) is 0 Å². The Balaban J connectivity index is 2.94. The second-order valence-corrected chi connectivity index (χ2v) is 6.05. The average molecular weight is 332 g/mol. The van der Waals surface area contributed by atoms with Gasteiger partial charge in [-0.3, -0.25) is 0 Å². The fourth-order valence-electron chi connectivity index (χ4n) is 1.39. The predicted octanol–water partition coefficient (Wildman–Crippen LogP) is -0.502. The first-order valence-electron chi connectivity index (χ1n) is 5.41. The number of nitrogens with one attached hydrogen (secondary N) is 1. The van der Waals surface area contributed by atoms with Crippen molar-refractivity contribution >= 4 is 31.4 Å². The Kier molecular flexibility index (Phi) is 6.52. The number of carbonyl (C=O) groups excluding carboxylic acids is 2. The molecule has 104 valence electrons. The Labute approximate surface area is 117 Å². The first-order chi connectivity index (χ1) is 9.13. The normalized spacial score (nSPS) is 13.4. The van der Waals surface area contributed by atoms with Gasteiger partial charge in [-0.15, -0.1) is 0 Å². The molecule has 0 amide bonds. The molecule has 0 radical (unpaired) electrons. The van der Waals surface area contributed by atoms with E-state index in [2.05, 4.69) is 9.47 Å². The third-order valence-electron chi connectivity index (χ3n) is 2.34. The number of hydrogen-bond donors (Lipinski definition) is 2. The van der Waals surface area contributed by atoms with Crippen LogP contribution >= 0.6 is 0 Å². The van der Waals surface area contributed by atoms with Gasteiger partial charge in [0.2, 0.25) is 0 Å². The van der Waals surface area contributed by atoms with Crippen LogP contribution in [0.4, 0.5) is 0 Å². The molecule has 6 nitrogen and oxygen atoms in total. The van der Waals surface area contributed by atoms with Gasteiger partial charge in [0.15, 0.2) is 0 Å². The molecule has 7 heteroatoms.